The Morgan fingerprint density at radius 2 is 1.88 bits per heavy atom. The van der Waals surface area contributed by atoms with Crippen molar-refractivity contribution in [1.82, 2.24) is 3.30 Å². The van der Waals surface area contributed by atoms with Crippen LogP contribution < -0.4 is 3.30 Å². The summed E-state index contributed by atoms with van der Waals surface area (Å²) in [7, 11) is 0. The van der Waals surface area contributed by atoms with Crippen molar-refractivity contribution in [2.24, 2.45) is 0 Å². The second kappa shape index (κ2) is 4.68. The molecule has 1 saturated heterocycles. The fraction of sp³-hybridized carbons (Fsp3) is 1.00. The molecular formula is C6H13InN. The quantitative estimate of drug-likeness (QED) is 0.638. The summed E-state index contributed by atoms with van der Waals surface area (Å²) in [6.07, 6.45) is 5.93. The maximum atomic E-state index is 3.58. The van der Waals surface area contributed by atoms with Gasteiger partial charge in [0.15, 0.2) is 0 Å². The predicted octanol–water partition coefficient (Wildman–Crippen LogP) is 1.19. The first kappa shape index (κ1) is 6.94. The van der Waals surface area contributed by atoms with Crippen LogP contribution in [0.15, 0.2) is 0 Å². The molecule has 2 heteroatoms. The molecule has 0 unspecified atom stereocenters. The molecule has 1 radical (unpaired) electrons. The molecule has 1 fully saturated rings. The van der Waals surface area contributed by atoms with Gasteiger partial charge in [-0.05, 0) is 0 Å². The van der Waals surface area contributed by atoms with E-state index in [0.29, 0.717) is 0 Å². The molecule has 0 aromatic rings. The molecule has 0 bridgehead atoms. The molecule has 1 heterocycles. The Morgan fingerprint density at radius 3 is 2.88 bits per heavy atom. The zero-order valence-electron chi connectivity index (χ0n) is 5.32. The predicted molar refractivity (Wildman–Crippen MR) is 37.0 cm³/mol. The van der Waals surface area contributed by atoms with E-state index >= 15 is 0 Å². The van der Waals surface area contributed by atoms with E-state index in [-0.39, 0.29) is 23.2 Å². The monoisotopic (exact) mass is 214 g/mol. The van der Waals surface area contributed by atoms with Crippen LogP contribution in [0.5, 0.6) is 0 Å². The molecule has 1 N–H and O–H groups in total. The average molecular weight is 214 g/mol. The van der Waals surface area contributed by atoms with E-state index in [9.17, 15) is 0 Å². The maximum absolute atomic E-state index is 3.58. The summed E-state index contributed by atoms with van der Waals surface area (Å²) < 4.78 is 5.16. The summed E-state index contributed by atoms with van der Waals surface area (Å²) in [6.45, 7) is 1.33. The van der Waals surface area contributed by atoms with Crippen molar-refractivity contribution < 1.29 is 0 Å². The molecule has 0 aliphatic carbocycles. The molecule has 45 valence electrons. The molecular weight excluding hydrogens is 201 g/mol. The van der Waals surface area contributed by atoms with Gasteiger partial charge in [-0.15, -0.1) is 0 Å². The zero-order chi connectivity index (χ0) is 5.66. The Kier molecular flexibility index (Phi) is 4.07. The summed E-state index contributed by atoms with van der Waals surface area (Å²) in [6, 6.07) is 0. The van der Waals surface area contributed by atoms with Crippen LogP contribution in [0.3, 0.4) is 0 Å². The standard InChI is InChI=1S/C6H13N.In/c1-2-3-4-5-6-7;/h7H,1-6H2;/q-1;+1. The second-order valence-corrected chi connectivity index (χ2v) is 6.34. The van der Waals surface area contributed by atoms with Crippen LogP contribution in [0.25, 0.3) is 0 Å². The van der Waals surface area contributed by atoms with E-state index in [1.54, 1.807) is 4.18 Å². The summed E-state index contributed by atoms with van der Waals surface area (Å²) >= 11 is -0.184. The van der Waals surface area contributed by atoms with Crippen LogP contribution in [0, 0.1) is 0 Å². The minimum absolute atomic E-state index is 0.184. The van der Waals surface area contributed by atoms with E-state index in [1.165, 1.54) is 32.2 Å². The normalized spacial score (nSPS) is 23.0. The summed E-state index contributed by atoms with van der Waals surface area (Å²) in [5, 5.41) is 0. The van der Waals surface area contributed by atoms with Crippen molar-refractivity contribution in [1.29, 1.82) is 0 Å². The van der Waals surface area contributed by atoms with Gasteiger partial charge in [-0.25, -0.2) is 0 Å². The van der Waals surface area contributed by atoms with Gasteiger partial charge in [-0.1, -0.05) is 0 Å². The van der Waals surface area contributed by atoms with Gasteiger partial charge in [-0.2, -0.15) is 0 Å². The van der Waals surface area contributed by atoms with Crippen molar-refractivity contribution in [3.63, 3.8) is 0 Å². The number of nitrogens with one attached hydrogen (secondary N) is 1. The third kappa shape index (κ3) is 2.98. The van der Waals surface area contributed by atoms with Gasteiger partial charge in [0.2, 0.25) is 0 Å². The first-order chi connectivity index (χ1) is 4.00. The summed E-state index contributed by atoms with van der Waals surface area (Å²) in [4.78, 5) is 0. The van der Waals surface area contributed by atoms with E-state index < -0.39 is 0 Å². The van der Waals surface area contributed by atoms with Crippen LogP contribution in [-0.4, -0.2) is 29.7 Å². The fourth-order valence-corrected chi connectivity index (χ4v) is 4.19. The van der Waals surface area contributed by atoms with E-state index in [2.05, 4.69) is 3.30 Å². The molecule has 1 aliphatic heterocycles. The van der Waals surface area contributed by atoms with Crippen LogP contribution in [0.2, 0.25) is 4.18 Å². The molecule has 0 aromatic carbocycles. The summed E-state index contributed by atoms with van der Waals surface area (Å²) in [5.74, 6) is 0. The Bertz CT molecular complexity index is 32.5. The Balaban J connectivity index is 2.00. The molecule has 0 saturated carbocycles. The fourth-order valence-electron chi connectivity index (χ4n) is 1.03. The van der Waals surface area contributed by atoms with Gasteiger partial charge >= 0.3 is 62.9 Å². The molecule has 0 aromatic heterocycles. The van der Waals surface area contributed by atoms with Gasteiger partial charge in [0.1, 0.15) is 0 Å². The van der Waals surface area contributed by atoms with Crippen LogP contribution in [0.4, 0.5) is 0 Å². The van der Waals surface area contributed by atoms with Gasteiger partial charge < -0.3 is 0 Å². The van der Waals surface area contributed by atoms with E-state index in [1.807, 2.05) is 0 Å². The van der Waals surface area contributed by atoms with Gasteiger partial charge in [0, 0.05) is 0 Å². The van der Waals surface area contributed by atoms with E-state index in [4.69, 9.17) is 0 Å². The van der Waals surface area contributed by atoms with Crippen LogP contribution in [0.1, 0.15) is 25.7 Å². The van der Waals surface area contributed by atoms with E-state index in [0.717, 1.165) is 0 Å². The van der Waals surface area contributed by atoms with Crippen LogP contribution >= 0.6 is 0 Å². The first-order valence-corrected chi connectivity index (χ1v) is 7.53. The van der Waals surface area contributed by atoms with Crippen molar-refractivity contribution in [3.8, 4) is 0 Å². The molecule has 0 spiro atoms. The minimum atomic E-state index is -0.184. The Hall–Kier alpha value is 0.830. The second-order valence-electron chi connectivity index (χ2n) is 2.36. The SMILES string of the molecule is C1CC[CH2][In][NH]CC1. The van der Waals surface area contributed by atoms with Crippen molar-refractivity contribution in [2.45, 2.75) is 29.9 Å². The number of rotatable bonds is 0. The van der Waals surface area contributed by atoms with Gasteiger partial charge in [0.05, 0.1) is 0 Å². The van der Waals surface area contributed by atoms with Crippen molar-refractivity contribution in [2.75, 3.05) is 6.54 Å². The molecule has 1 aliphatic rings. The Labute approximate surface area is 63.0 Å². The first-order valence-electron chi connectivity index (χ1n) is 3.55. The zero-order valence-corrected chi connectivity index (χ0v) is 8.62. The molecule has 0 amide bonds. The van der Waals surface area contributed by atoms with Crippen molar-refractivity contribution in [3.05, 3.63) is 0 Å². The number of hydrogen-bond acceptors (Lipinski definition) is 1. The number of hydrogen-bond donors (Lipinski definition) is 1. The van der Waals surface area contributed by atoms with Gasteiger partial charge in [0.25, 0.3) is 0 Å². The molecule has 0 atom stereocenters. The van der Waals surface area contributed by atoms with Gasteiger partial charge in [-0.3, -0.25) is 0 Å². The van der Waals surface area contributed by atoms with Crippen LogP contribution in [-0.2, 0) is 0 Å². The molecule has 8 heavy (non-hydrogen) atoms. The third-order valence-corrected chi connectivity index (χ3v) is 5.20. The summed E-state index contributed by atoms with van der Waals surface area (Å²) in [5.41, 5.74) is 0. The Morgan fingerprint density at radius 1 is 1.00 bits per heavy atom. The molecule has 1 nitrogen and oxygen atoms in total. The topological polar surface area (TPSA) is 12.0 Å². The average Bonchev–Trinajstić information content (AvgIpc) is 1.62. The third-order valence-electron chi connectivity index (χ3n) is 1.56. The molecule has 1 rings (SSSR count). The van der Waals surface area contributed by atoms with Crippen molar-refractivity contribution >= 4 is 23.2 Å².